The standard InChI is InChI=1S/C23H31N5.C9H18FN.C2H6.CH2F2/c1-4-8-16-10-11-20(25)19(15-24)18(16)14-21-17(9-5-2)23(28-12-7-13-28)27-22(6-3)26-21;1-4-9(3)6-8(10)7-11(9)5-2;1-2;2-1-3/h10-11H,4-9,12-14,25H2,1-3H3;8H,4-7H2,1-3H3;1-2H3;1H2. The first kappa shape index (κ1) is 39.2. The number of nitriles is 1. The zero-order valence-corrected chi connectivity index (χ0v) is 28.6. The number of aromatic nitrogens is 2. The molecule has 9 heteroatoms. The number of alkyl halides is 3. The van der Waals surface area contributed by atoms with E-state index in [1.54, 1.807) is 0 Å². The molecule has 0 saturated carbocycles. The largest absolute Gasteiger partial charge is 0.398 e. The van der Waals surface area contributed by atoms with Gasteiger partial charge in [0.25, 0.3) is 0 Å². The zero-order valence-electron chi connectivity index (χ0n) is 28.6. The maximum atomic E-state index is 13.0. The van der Waals surface area contributed by atoms with Crippen molar-refractivity contribution in [3.05, 3.63) is 45.9 Å². The van der Waals surface area contributed by atoms with Crippen LogP contribution in [0.1, 0.15) is 121 Å². The van der Waals surface area contributed by atoms with Crippen molar-refractivity contribution >= 4 is 11.5 Å². The van der Waals surface area contributed by atoms with Gasteiger partial charge in [-0.25, -0.2) is 23.1 Å². The normalized spacial score (nSPS) is 19.0. The Morgan fingerprint density at radius 3 is 2.11 bits per heavy atom. The summed E-state index contributed by atoms with van der Waals surface area (Å²) in [5.74, 6) is 1.99. The number of rotatable bonds is 10. The minimum atomic E-state index is -1.75. The molecule has 0 radical (unpaired) electrons. The molecule has 2 saturated heterocycles. The molecule has 2 aliphatic heterocycles. The molecule has 3 heterocycles. The van der Waals surface area contributed by atoms with Gasteiger partial charge in [-0.1, -0.05) is 67.4 Å². The topological polar surface area (TPSA) is 82.1 Å². The van der Waals surface area contributed by atoms with Crippen molar-refractivity contribution in [3.8, 4) is 6.07 Å². The summed E-state index contributed by atoms with van der Waals surface area (Å²) in [4.78, 5) is 14.4. The number of benzene rings is 1. The van der Waals surface area contributed by atoms with E-state index in [-0.39, 0.29) is 5.54 Å². The summed E-state index contributed by atoms with van der Waals surface area (Å²) in [6.07, 6.45) is 7.84. The Labute approximate surface area is 265 Å². The Balaban J connectivity index is 0.000000502. The minimum Gasteiger partial charge on any atom is -0.398 e. The number of halogens is 3. The molecule has 1 aromatic heterocycles. The van der Waals surface area contributed by atoms with Crippen molar-refractivity contribution < 1.29 is 13.2 Å². The van der Waals surface area contributed by atoms with E-state index in [0.29, 0.717) is 24.2 Å². The van der Waals surface area contributed by atoms with Crippen LogP contribution in [-0.4, -0.2) is 59.7 Å². The van der Waals surface area contributed by atoms with Crippen LogP contribution in [0, 0.1) is 11.3 Å². The fourth-order valence-electron chi connectivity index (χ4n) is 5.89. The lowest BCUT2D eigenvalue weighted by atomic mass is 9.91. The van der Waals surface area contributed by atoms with Gasteiger partial charge in [0.1, 0.15) is 23.9 Å². The van der Waals surface area contributed by atoms with Gasteiger partial charge in [-0.2, -0.15) is 5.26 Å². The fourth-order valence-corrected chi connectivity index (χ4v) is 5.89. The summed E-state index contributed by atoms with van der Waals surface area (Å²) in [5.41, 5.74) is 12.0. The average Bonchev–Trinajstić information content (AvgIpc) is 3.30. The number of anilines is 2. The van der Waals surface area contributed by atoms with Crippen molar-refractivity contribution in [1.29, 1.82) is 5.26 Å². The number of nitrogens with zero attached hydrogens (tertiary/aromatic N) is 5. The molecule has 2 fully saturated rings. The predicted molar refractivity (Wildman–Crippen MR) is 178 cm³/mol. The third-order valence-corrected chi connectivity index (χ3v) is 8.49. The average molecular weight is 619 g/mol. The van der Waals surface area contributed by atoms with Crippen LogP contribution >= 0.6 is 0 Å². The molecule has 1 aromatic carbocycles. The molecule has 4 rings (SSSR count). The Bertz CT molecular complexity index is 1160. The van der Waals surface area contributed by atoms with Crippen LogP contribution in [0.4, 0.5) is 24.7 Å². The van der Waals surface area contributed by atoms with Gasteiger partial charge in [0.2, 0.25) is 6.93 Å². The number of hydrogen-bond donors (Lipinski definition) is 1. The molecule has 248 valence electrons. The van der Waals surface area contributed by atoms with Crippen LogP contribution in [-0.2, 0) is 25.7 Å². The minimum absolute atomic E-state index is 0.133. The van der Waals surface area contributed by atoms with Crippen LogP contribution in [0.15, 0.2) is 12.1 Å². The first-order valence-electron chi connectivity index (χ1n) is 16.6. The highest BCUT2D eigenvalue weighted by molar-refractivity contribution is 5.62. The molecule has 2 aliphatic rings. The van der Waals surface area contributed by atoms with Crippen molar-refractivity contribution in [1.82, 2.24) is 14.9 Å². The van der Waals surface area contributed by atoms with Gasteiger partial charge in [-0.15, -0.1) is 0 Å². The fraction of sp³-hybridized carbons (Fsp3) is 0.686. The second-order valence-corrected chi connectivity index (χ2v) is 11.3. The molecule has 2 N–H and O–H groups in total. The van der Waals surface area contributed by atoms with Crippen LogP contribution in [0.5, 0.6) is 0 Å². The molecule has 2 aromatic rings. The van der Waals surface area contributed by atoms with Crippen LogP contribution in [0.3, 0.4) is 0 Å². The van der Waals surface area contributed by atoms with Gasteiger partial charge >= 0.3 is 0 Å². The molecule has 0 aliphatic carbocycles. The van der Waals surface area contributed by atoms with Gasteiger partial charge in [0.05, 0.1) is 11.3 Å². The van der Waals surface area contributed by atoms with Crippen LogP contribution in [0.25, 0.3) is 0 Å². The van der Waals surface area contributed by atoms with Gasteiger partial charge in [0.15, 0.2) is 0 Å². The van der Waals surface area contributed by atoms with E-state index in [2.05, 4.69) is 63.5 Å². The third-order valence-electron chi connectivity index (χ3n) is 8.49. The Hall–Kier alpha value is -2.86. The molecule has 2 unspecified atom stereocenters. The molecule has 0 bridgehead atoms. The second kappa shape index (κ2) is 20.2. The van der Waals surface area contributed by atoms with E-state index < -0.39 is 13.1 Å². The van der Waals surface area contributed by atoms with E-state index in [1.807, 2.05) is 19.9 Å². The number of nitrogen functional groups attached to an aromatic ring is 1. The van der Waals surface area contributed by atoms with Gasteiger partial charge in [0, 0.05) is 49.3 Å². The van der Waals surface area contributed by atoms with Gasteiger partial charge < -0.3 is 10.6 Å². The van der Waals surface area contributed by atoms with E-state index in [4.69, 9.17) is 15.7 Å². The molecule has 0 spiro atoms. The Morgan fingerprint density at radius 2 is 1.66 bits per heavy atom. The summed E-state index contributed by atoms with van der Waals surface area (Å²) in [6, 6.07) is 6.28. The molecule has 2 atom stereocenters. The molecule has 0 amide bonds. The van der Waals surface area contributed by atoms with Crippen molar-refractivity contribution in [2.45, 2.75) is 125 Å². The number of hydrogen-bond acceptors (Lipinski definition) is 6. The summed E-state index contributed by atoms with van der Waals surface area (Å²) >= 11 is 0. The molecular formula is C35H57F3N6. The van der Waals surface area contributed by atoms with Crippen LogP contribution < -0.4 is 10.6 Å². The third kappa shape index (κ3) is 10.4. The Morgan fingerprint density at radius 1 is 1.02 bits per heavy atom. The lowest BCUT2D eigenvalue weighted by Gasteiger charge is -2.34. The summed E-state index contributed by atoms with van der Waals surface area (Å²) in [5, 5.41) is 9.76. The first-order valence-corrected chi connectivity index (χ1v) is 16.6. The first-order chi connectivity index (χ1) is 21.2. The lowest BCUT2D eigenvalue weighted by molar-refractivity contribution is 0.159. The highest BCUT2D eigenvalue weighted by Gasteiger charge is 2.39. The van der Waals surface area contributed by atoms with Crippen molar-refractivity contribution in [2.75, 3.05) is 43.7 Å². The Kier molecular flexibility index (Phi) is 18.0. The maximum Gasteiger partial charge on any atom is 0.229 e. The monoisotopic (exact) mass is 618 g/mol. The van der Waals surface area contributed by atoms with Crippen molar-refractivity contribution in [3.63, 3.8) is 0 Å². The highest BCUT2D eigenvalue weighted by Crippen LogP contribution is 2.33. The SMILES string of the molecule is CC.CCCc1ccc(N)c(C#N)c1Cc1nc(CC)nc(N2CCC2)c1CCC.CCN1CC(F)CC1(C)CC.FCF. The van der Waals surface area contributed by atoms with E-state index in [1.165, 1.54) is 17.5 Å². The summed E-state index contributed by atoms with van der Waals surface area (Å²) < 4.78 is 32.3. The number of nitrogens with two attached hydrogens (primary N) is 1. The van der Waals surface area contributed by atoms with Crippen molar-refractivity contribution in [2.24, 2.45) is 0 Å². The maximum absolute atomic E-state index is 13.0. The predicted octanol–water partition coefficient (Wildman–Crippen LogP) is 8.33. The smallest absolute Gasteiger partial charge is 0.229 e. The number of likely N-dealkylation sites (tertiary alicyclic amines) is 1. The summed E-state index contributed by atoms with van der Waals surface area (Å²) in [6.45, 7) is 18.9. The molecule has 44 heavy (non-hydrogen) atoms. The number of aryl methyl sites for hydroxylation is 2. The van der Waals surface area contributed by atoms with E-state index in [9.17, 15) is 18.4 Å². The van der Waals surface area contributed by atoms with Gasteiger partial charge in [-0.05, 0) is 62.8 Å². The van der Waals surface area contributed by atoms with E-state index in [0.717, 1.165) is 87.5 Å². The second-order valence-electron chi connectivity index (χ2n) is 11.3. The van der Waals surface area contributed by atoms with E-state index >= 15 is 0 Å². The highest BCUT2D eigenvalue weighted by atomic mass is 19.3. The summed E-state index contributed by atoms with van der Waals surface area (Å²) in [7, 11) is 0. The van der Waals surface area contributed by atoms with Crippen LogP contribution in [0.2, 0.25) is 0 Å². The lowest BCUT2D eigenvalue weighted by Crippen LogP contribution is -2.40. The quantitative estimate of drug-likeness (QED) is 0.270. The zero-order chi connectivity index (χ0) is 33.3. The van der Waals surface area contributed by atoms with Gasteiger partial charge in [-0.3, -0.25) is 4.90 Å². The molecule has 6 nitrogen and oxygen atoms in total. The molecular weight excluding hydrogens is 561 g/mol.